The van der Waals surface area contributed by atoms with Crippen LogP contribution in [-0.4, -0.2) is 22.9 Å². The fraction of sp³-hybridized carbons (Fsp3) is 0.333. The van der Waals surface area contributed by atoms with Crippen molar-refractivity contribution in [2.75, 3.05) is 12.4 Å². The molecule has 1 fully saturated rings. The molecule has 0 atom stereocenters. The van der Waals surface area contributed by atoms with Gasteiger partial charge < -0.3 is 10.1 Å². The van der Waals surface area contributed by atoms with Gasteiger partial charge in [0, 0.05) is 5.56 Å². The summed E-state index contributed by atoms with van der Waals surface area (Å²) in [6, 6.07) is 7.45. The van der Waals surface area contributed by atoms with Gasteiger partial charge in [-0.05, 0) is 30.2 Å². The van der Waals surface area contributed by atoms with Crippen LogP contribution in [0.3, 0.4) is 0 Å². The zero-order valence-electron chi connectivity index (χ0n) is 12.4. The zero-order chi connectivity index (χ0) is 16.4. The predicted octanol–water partition coefficient (Wildman–Crippen LogP) is 3.12. The lowest BCUT2D eigenvalue weighted by atomic mass is 9.63. The van der Waals surface area contributed by atoms with Crippen molar-refractivity contribution in [3.63, 3.8) is 0 Å². The van der Waals surface area contributed by atoms with E-state index < -0.39 is 10.3 Å². The van der Waals surface area contributed by atoms with Crippen LogP contribution in [0.25, 0.3) is 0 Å². The minimum atomic E-state index is -0.660. The van der Waals surface area contributed by atoms with Crippen LogP contribution in [0.4, 0.5) is 10.1 Å². The van der Waals surface area contributed by atoms with E-state index in [1.165, 1.54) is 0 Å². The summed E-state index contributed by atoms with van der Waals surface area (Å²) >= 11 is 0.852. The van der Waals surface area contributed by atoms with Gasteiger partial charge in [0.1, 0.15) is 11.9 Å². The van der Waals surface area contributed by atoms with Gasteiger partial charge in [0.15, 0.2) is 5.13 Å². The summed E-state index contributed by atoms with van der Waals surface area (Å²) in [4.78, 5) is 26.9. The summed E-state index contributed by atoms with van der Waals surface area (Å²) in [5.41, 5.74) is 0.185. The van der Waals surface area contributed by atoms with Gasteiger partial charge in [0.05, 0.1) is 17.4 Å². The predicted molar refractivity (Wildman–Crippen MR) is 85.9 cm³/mol. The molecule has 0 spiro atoms. The number of anilines is 1. The highest BCUT2D eigenvalue weighted by Gasteiger charge is 2.47. The normalized spacial score (nSPS) is 15.5. The third-order valence-corrected chi connectivity index (χ3v) is 5.02. The van der Waals surface area contributed by atoms with E-state index >= 15 is 0 Å². The molecule has 0 saturated heterocycles. The summed E-state index contributed by atoms with van der Waals surface area (Å²) in [6.45, 7) is 0. The maximum absolute atomic E-state index is 12.8. The van der Waals surface area contributed by atoms with E-state index in [2.05, 4.69) is 10.3 Å². The van der Waals surface area contributed by atoms with Gasteiger partial charge in [0.25, 0.3) is 0 Å². The number of nitrogens with one attached hydrogen (secondary N) is 1. The zero-order valence-corrected chi connectivity index (χ0v) is 13.3. The number of amides is 1. The molecule has 1 aromatic heterocycles. The molecule has 0 aliphatic heterocycles. The molecular weight excluding hydrogens is 318 g/mol. The van der Waals surface area contributed by atoms with Crippen molar-refractivity contribution in [1.29, 1.82) is 0 Å². The number of rotatable bonds is 5. The van der Waals surface area contributed by atoms with E-state index in [0.717, 1.165) is 29.5 Å². The molecule has 7 nitrogen and oxygen atoms in total. The molecule has 3 rings (SSSR count). The Morgan fingerprint density at radius 2 is 2.17 bits per heavy atom. The van der Waals surface area contributed by atoms with Gasteiger partial charge in [-0.3, -0.25) is 14.9 Å². The molecule has 23 heavy (non-hydrogen) atoms. The molecule has 1 saturated carbocycles. The topological polar surface area (TPSA) is 94.4 Å². The number of ether oxygens (including phenoxy) is 1. The maximum Gasteiger partial charge on any atom is 0.345 e. The van der Waals surface area contributed by atoms with E-state index in [0.29, 0.717) is 18.6 Å². The first-order chi connectivity index (χ1) is 11.1. The Hall–Kier alpha value is -2.48. The number of nitro groups is 1. The summed E-state index contributed by atoms with van der Waals surface area (Å²) in [7, 11) is 1.58. The van der Waals surface area contributed by atoms with Crippen molar-refractivity contribution in [3.8, 4) is 5.75 Å². The van der Waals surface area contributed by atoms with Crippen molar-refractivity contribution >= 4 is 27.4 Å². The number of hydrogen-bond donors (Lipinski definition) is 1. The van der Waals surface area contributed by atoms with Crippen molar-refractivity contribution in [2.45, 2.75) is 24.7 Å². The molecule has 0 unspecified atom stereocenters. The number of benzene rings is 1. The lowest BCUT2D eigenvalue weighted by Gasteiger charge is -2.41. The largest absolute Gasteiger partial charge is 0.496 e. The molecule has 120 valence electrons. The van der Waals surface area contributed by atoms with Crippen molar-refractivity contribution in [2.24, 2.45) is 0 Å². The van der Waals surface area contributed by atoms with Crippen molar-refractivity contribution in [3.05, 3.63) is 46.1 Å². The van der Waals surface area contributed by atoms with E-state index in [-0.39, 0.29) is 16.0 Å². The molecule has 0 radical (unpaired) electrons. The van der Waals surface area contributed by atoms with E-state index in [4.69, 9.17) is 4.74 Å². The Morgan fingerprint density at radius 3 is 2.74 bits per heavy atom. The maximum atomic E-state index is 12.8. The number of methoxy groups -OCH3 is 1. The van der Waals surface area contributed by atoms with E-state index in [1.54, 1.807) is 7.11 Å². The Balaban J connectivity index is 1.87. The highest BCUT2D eigenvalue weighted by Crippen LogP contribution is 2.48. The first-order valence-corrected chi connectivity index (χ1v) is 7.93. The average Bonchev–Trinajstić information content (AvgIpc) is 2.95. The van der Waals surface area contributed by atoms with Crippen LogP contribution >= 0.6 is 11.3 Å². The fourth-order valence-electron chi connectivity index (χ4n) is 2.81. The van der Waals surface area contributed by atoms with Crippen molar-refractivity contribution in [1.82, 2.24) is 4.98 Å². The van der Waals surface area contributed by atoms with Gasteiger partial charge >= 0.3 is 5.00 Å². The van der Waals surface area contributed by atoms with E-state index in [9.17, 15) is 14.9 Å². The molecule has 2 aromatic rings. The van der Waals surface area contributed by atoms with Crippen LogP contribution in [0.15, 0.2) is 30.5 Å². The molecular formula is C15H15N3O4S. The van der Waals surface area contributed by atoms with Gasteiger partial charge in [0.2, 0.25) is 5.91 Å². The van der Waals surface area contributed by atoms with Gasteiger partial charge in [-0.25, -0.2) is 4.98 Å². The van der Waals surface area contributed by atoms with E-state index in [1.807, 2.05) is 24.3 Å². The number of carbonyl (C=O) groups excluding carboxylic acids is 1. The second-order valence-electron chi connectivity index (χ2n) is 5.35. The smallest absolute Gasteiger partial charge is 0.345 e. The fourth-order valence-corrected chi connectivity index (χ4v) is 3.44. The second kappa shape index (κ2) is 5.96. The molecule has 1 aliphatic carbocycles. The molecule has 0 bridgehead atoms. The first-order valence-electron chi connectivity index (χ1n) is 7.12. The SMILES string of the molecule is COc1ccccc1C1(C(=O)Nc2ncc([N+](=O)[O-])s2)CCC1. The molecule has 1 heterocycles. The third-order valence-electron chi connectivity index (χ3n) is 4.16. The number of hydrogen-bond acceptors (Lipinski definition) is 6. The summed E-state index contributed by atoms with van der Waals surface area (Å²) < 4.78 is 5.38. The standard InChI is InChI=1S/C15H15N3O4S/c1-22-11-6-3-2-5-10(11)15(7-4-8-15)13(19)17-14-16-9-12(23-14)18(20)21/h2-3,5-6,9H,4,7-8H2,1H3,(H,16,17,19). The lowest BCUT2D eigenvalue weighted by Crippen LogP contribution is -2.46. The third kappa shape index (κ3) is 2.65. The van der Waals surface area contributed by atoms with Crippen LogP contribution in [0.5, 0.6) is 5.75 Å². The van der Waals surface area contributed by atoms with Crippen molar-refractivity contribution < 1.29 is 14.5 Å². The molecule has 1 amide bonds. The van der Waals surface area contributed by atoms with Crippen LogP contribution in [0, 0.1) is 10.1 Å². The quantitative estimate of drug-likeness (QED) is 0.670. The summed E-state index contributed by atoms with van der Waals surface area (Å²) in [5.74, 6) is 0.477. The number of para-hydroxylation sites is 1. The van der Waals surface area contributed by atoms with Gasteiger partial charge in [-0.15, -0.1) is 0 Å². The second-order valence-corrected chi connectivity index (χ2v) is 6.36. The average molecular weight is 333 g/mol. The number of nitrogens with zero attached hydrogens (tertiary/aromatic N) is 2. The number of thiazole rings is 1. The minimum absolute atomic E-state index is 0.0970. The van der Waals surface area contributed by atoms with Crippen LogP contribution in [0.2, 0.25) is 0 Å². The number of carbonyl (C=O) groups is 1. The highest BCUT2D eigenvalue weighted by atomic mass is 32.1. The number of aromatic nitrogens is 1. The first kappa shape index (κ1) is 15.4. The molecule has 1 N–H and O–H groups in total. The summed E-state index contributed by atoms with van der Waals surface area (Å²) in [5, 5.41) is 13.6. The lowest BCUT2D eigenvalue weighted by molar-refractivity contribution is -0.380. The van der Waals surface area contributed by atoms with Crippen LogP contribution in [0.1, 0.15) is 24.8 Å². The Labute approximate surface area is 136 Å². The minimum Gasteiger partial charge on any atom is -0.496 e. The molecule has 1 aliphatic rings. The van der Waals surface area contributed by atoms with Gasteiger partial charge in [-0.1, -0.05) is 24.6 Å². The Kier molecular flexibility index (Phi) is 3.99. The molecule has 8 heteroatoms. The Morgan fingerprint density at radius 1 is 1.43 bits per heavy atom. The molecule has 1 aromatic carbocycles. The van der Waals surface area contributed by atoms with Crippen LogP contribution < -0.4 is 10.1 Å². The monoisotopic (exact) mass is 333 g/mol. The van der Waals surface area contributed by atoms with Crippen LogP contribution in [-0.2, 0) is 10.2 Å². The van der Waals surface area contributed by atoms with Gasteiger partial charge in [-0.2, -0.15) is 0 Å². The highest BCUT2D eigenvalue weighted by molar-refractivity contribution is 7.18. The summed E-state index contributed by atoms with van der Waals surface area (Å²) in [6.07, 6.45) is 3.53. The Bertz CT molecular complexity index is 755.